The van der Waals surface area contributed by atoms with Crippen LogP contribution in [0.3, 0.4) is 0 Å². The van der Waals surface area contributed by atoms with E-state index >= 15 is 0 Å². The molecule has 0 spiro atoms. The van der Waals surface area contributed by atoms with Gasteiger partial charge in [-0.2, -0.15) is 0 Å². The first-order valence-electron chi connectivity index (χ1n) is 6.94. The summed E-state index contributed by atoms with van der Waals surface area (Å²) in [5.41, 5.74) is 3.93. The van der Waals surface area contributed by atoms with Gasteiger partial charge < -0.3 is 14.2 Å². The number of hydrogen-bond acceptors (Lipinski definition) is 4. The molecule has 4 nitrogen and oxygen atoms in total. The summed E-state index contributed by atoms with van der Waals surface area (Å²) in [5.74, 6) is 0.921. The van der Waals surface area contributed by atoms with E-state index in [4.69, 9.17) is 14.2 Å². The van der Waals surface area contributed by atoms with Gasteiger partial charge in [0.15, 0.2) is 0 Å². The third-order valence-corrected chi connectivity index (χ3v) is 3.57. The molecule has 4 heteroatoms. The van der Waals surface area contributed by atoms with Crippen molar-refractivity contribution in [3.05, 3.63) is 47.0 Å². The van der Waals surface area contributed by atoms with Crippen molar-refractivity contribution in [2.24, 2.45) is 0 Å². The van der Waals surface area contributed by atoms with E-state index in [9.17, 15) is 4.79 Å². The van der Waals surface area contributed by atoms with Gasteiger partial charge in [0.2, 0.25) is 0 Å². The molecule has 0 fully saturated rings. The van der Waals surface area contributed by atoms with Gasteiger partial charge in [0.05, 0.1) is 32.5 Å². The van der Waals surface area contributed by atoms with Crippen LogP contribution in [-0.2, 0) is 4.74 Å². The number of ether oxygens (including phenoxy) is 3. The molecule has 2 aromatic rings. The minimum atomic E-state index is -0.375. The van der Waals surface area contributed by atoms with Gasteiger partial charge in [-0.25, -0.2) is 4.79 Å². The minimum absolute atomic E-state index is 0.375. The molecule has 0 saturated heterocycles. The second kappa shape index (κ2) is 6.52. The van der Waals surface area contributed by atoms with E-state index in [1.807, 2.05) is 44.2 Å². The second-order valence-corrected chi connectivity index (χ2v) is 5.03. The number of esters is 1. The maximum atomic E-state index is 12.2. The molecule has 0 atom stereocenters. The third kappa shape index (κ3) is 2.77. The Labute approximate surface area is 130 Å². The zero-order valence-corrected chi connectivity index (χ0v) is 13.5. The summed E-state index contributed by atoms with van der Waals surface area (Å²) < 4.78 is 15.9. The van der Waals surface area contributed by atoms with Gasteiger partial charge in [-0.3, -0.25) is 0 Å². The van der Waals surface area contributed by atoms with Gasteiger partial charge in [-0.1, -0.05) is 23.8 Å². The van der Waals surface area contributed by atoms with E-state index in [1.54, 1.807) is 14.2 Å². The molecule has 2 rings (SSSR count). The van der Waals surface area contributed by atoms with Gasteiger partial charge in [0, 0.05) is 5.56 Å². The second-order valence-electron chi connectivity index (χ2n) is 5.03. The fourth-order valence-electron chi connectivity index (χ4n) is 2.65. The Kier molecular flexibility index (Phi) is 4.71. The van der Waals surface area contributed by atoms with Crippen LogP contribution in [0.25, 0.3) is 11.1 Å². The standard InChI is InChI=1S/C18H20O4/c1-11-9-12(2)16(18(19)22-5)13(10-11)17-14(20-3)7-6-8-15(17)21-4/h6-10H,1-5H3. The normalized spacial score (nSPS) is 10.2. The van der Waals surface area contributed by atoms with Crippen LogP contribution in [0.4, 0.5) is 0 Å². The van der Waals surface area contributed by atoms with Crippen molar-refractivity contribution in [1.29, 1.82) is 0 Å². The quantitative estimate of drug-likeness (QED) is 0.806. The molecule has 0 aliphatic heterocycles. The fraction of sp³-hybridized carbons (Fsp3) is 0.278. The van der Waals surface area contributed by atoms with Crippen LogP contribution < -0.4 is 9.47 Å². The van der Waals surface area contributed by atoms with E-state index in [0.717, 1.165) is 22.3 Å². The number of hydrogen-bond donors (Lipinski definition) is 0. The number of carbonyl (C=O) groups excluding carboxylic acids is 1. The molecular weight excluding hydrogens is 280 g/mol. The van der Waals surface area contributed by atoms with Gasteiger partial charge in [-0.15, -0.1) is 0 Å². The summed E-state index contributed by atoms with van der Waals surface area (Å²) in [4.78, 5) is 12.2. The van der Waals surface area contributed by atoms with Gasteiger partial charge >= 0.3 is 5.97 Å². The van der Waals surface area contributed by atoms with Crippen LogP contribution in [0.2, 0.25) is 0 Å². The van der Waals surface area contributed by atoms with Gasteiger partial charge in [-0.05, 0) is 31.5 Å². The van der Waals surface area contributed by atoms with Crippen LogP contribution in [0, 0.1) is 13.8 Å². The lowest BCUT2D eigenvalue weighted by molar-refractivity contribution is 0.0601. The first kappa shape index (κ1) is 15.9. The van der Waals surface area contributed by atoms with Crippen molar-refractivity contribution in [2.75, 3.05) is 21.3 Å². The predicted molar refractivity (Wildman–Crippen MR) is 85.8 cm³/mol. The SMILES string of the molecule is COC(=O)c1c(C)cc(C)cc1-c1c(OC)cccc1OC. The van der Waals surface area contributed by atoms with E-state index in [2.05, 4.69) is 0 Å². The van der Waals surface area contributed by atoms with Crippen molar-refractivity contribution in [2.45, 2.75) is 13.8 Å². The summed E-state index contributed by atoms with van der Waals surface area (Å²) in [6.45, 7) is 3.88. The average molecular weight is 300 g/mol. The predicted octanol–water partition coefficient (Wildman–Crippen LogP) is 3.77. The molecule has 22 heavy (non-hydrogen) atoms. The van der Waals surface area contributed by atoms with Crippen LogP contribution in [0.5, 0.6) is 11.5 Å². The van der Waals surface area contributed by atoms with Crippen LogP contribution in [0.15, 0.2) is 30.3 Å². The topological polar surface area (TPSA) is 44.8 Å². The molecule has 0 unspecified atom stereocenters. The van der Waals surface area contributed by atoms with Crippen molar-refractivity contribution in [3.8, 4) is 22.6 Å². The Morgan fingerprint density at radius 1 is 0.955 bits per heavy atom. The maximum absolute atomic E-state index is 12.2. The van der Waals surface area contributed by atoms with Crippen LogP contribution in [0.1, 0.15) is 21.5 Å². The Morgan fingerprint density at radius 2 is 1.55 bits per heavy atom. The molecule has 0 aromatic heterocycles. The van der Waals surface area contributed by atoms with Crippen LogP contribution in [-0.4, -0.2) is 27.3 Å². The van der Waals surface area contributed by atoms with E-state index in [-0.39, 0.29) is 5.97 Å². The Bertz CT molecular complexity index is 682. The molecule has 0 amide bonds. The van der Waals surface area contributed by atoms with E-state index < -0.39 is 0 Å². The molecule has 116 valence electrons. The Morgan fingerprint density at radius 3 is 2.05 bits per heavy atom. The van der Waals surface area contributed by atoms with E-state index in [1.165, 1.54) is 7.11 Å². The number of benzene rings is 2. The number of carbonyl (C=O) groups is 1. The highest BCUT2D eigenvalue weighted by atomic mass is 16.5. The molecule has 0 aliphatic rings. The molecule has 0 saturated carbocycles. The molecule has 0 bridgehead atoms. The number of methoxy groups -OCH3 is 3. The summed E-state index contributed by atoms with van der Waals surface area (Å²) in [7, 11) is 4.57. The highest BCUT2D eigenvalue weighted by molar-refractivity contribution is 6.00. The molecule has 2 aromatic carbocycles. The lowest BCUT2D eigenvalue weighted by Gasteiger charge is -2.17. The van der Waals surface area contributed by atoms with E-state index in [0.29, 0.717) is 17.1 Å². The number of rotatable bonds is 4. The highest BCUT2D eigenvalue weighted by Gasteiger charge is 2.22. The molecular formula is C18H20O4. The van der Waals surface area contributed by atoms with Crippen molar-refractivity contribution in [3.63, 3.8) is 0 Å². The largest absolute Gasteiger partial charge is 0.496 e. The smallest absolute Gasteiger partial charge is 0.338 e. The third-order valence-electron chi connectivity index (χ3n) is 3.57. The molecule has 0 heterocycles. The first-order valence-corrected chi connectivity index (χ1v) is 6.94. The maximum Gasteiger partial charge on any atom is 0.338 e. The Balaban J connectivity index is 2.85. The van der Waals surface area contributed by atoms with Gasteiger partial charge in [0.25, 0.3) is 0 Å². The van der Waals surface area contributed by atoms with Crippen molar-refractivity contribution < 1.29 is 19.0 Å². The summed E-state index contributed by atoms with van der Waals surface area (Å²) in [6.07, 6.45) is 0. The monoisotopic (exact) mass is 300 g/mol. The molecule has 0 radical (unpaired) electrons. The average Bonchev–Trinajstić information content (AvgIpc) is 2.52. The summed E-state index contributed by atoms with van der Waals surface area (Å²) in [5, 5.41) is 0. The lowest BCUT2D eigenvalue weighted by Crippen LogP contribution is -2.08. The highest BCUT2D eigenvalue weighted by Crippen LogP contribution is 2.41. The minimum Gasteiger partial charge on any atom is -0.496 e. The lowest BCUT2D eigenvalue weighted by atomic mass is 9.92. The summed E-state index contributed by atoms with van der Waals surface area (Å²) in [6, 6.07) is 9.44. The zero-order valence-electron chi connectivity index (χ0n) is 13.5. The zero-order chi connectivity index (χ0) is 16.3. The number of aryl methyl sites for hydroxylation is 2. The van der Waals surface area contributed by atoms with Gasteiger partial charge in [0.1, 0.15) is 11.5 Å². The Hall–Kier alpha value is -2.49. The van der Waals surface area contributed by atoms with Crippen molar-refractivity contribution >= 4 is 5.97 Å². The first-order chi connectivity index (χ1) is 10.5. The van der Waals surface area contributed by atoms with Crippen LogP contribution >= 0.6 is 0 Å². The van der Waals surface area contributed by atoms with Crippen molar-refractivity contribution in [1.82, 2.24) is 0 Å². The molecule has 0 aliphatic carbocycles. The fourth-order valence-corrected chi connectivity index (χ4v) is 2.65. The molecule has 0 N–H and O–H groups in total. The summed E-state index contributed by atoms with van der Waals surface area (Å²) >= 11 is 0.